The van der Waals surface area contributed by atoms with Crippen LogP contribution in [0.3, 0.4) is 0 Å². The lowest BCUT2D eigenvalue weighted by Crippen LogP contribution is -2.56. The van der Waals surface area contributed by atoms with Crippen molar-refractivity contribution >= 4 is 5.78 Å². The summed E-state index contributed by atoms with van der Waals surface area (Å²) in [6.07, 6.45) is 12.2. The highest BCUT2D eigenvalue weighted by atomic mass is 16.9. The maximum Gasteiger partial charge on any atom is 0.284 e. The van der Waals surface area contributed by atoms with E-state index >= 15 is 0 Å². The molecule has 5 nitrogen and oxygen atoms in total. The molecule has 0 aromatic carbocycles. The number of aliphatic hydroxyl groups excluding tert-OH is 1. The maximum atomic E-state index is 12.1. The van der Waals surface area contributed by atoms with Crippen LogP contribution in [-0.2, 0) is 19.0 Å². The second kappa shape index (κ2) is 7.77. The first-order valence-electron chi connectivity index (χ1n) is 14.5. The number of aliphatic hydroxyl groups is 1. The summed E-state index contributed by atoms with van der Waals surface area (Å²) >= 11 is 0. The quantitative estimate of drug-likeness (QED) is 0.521. The number of carbonyl (C=O) groups excluding carboxylic acids is 1. The highest BCUT2D eigenvalue weighted by Gasteiger charge is 2.67. The van der Waals surface area contributed by atoms with Crippen LogP contribution in [0.25, 0.3) is 0 Å². The Hall–Kier alpha value is -1.01. The number of ether oxygens (including phenoxy) is 3. The lowest BCUT2D eigenvalue weighted by atomic mass is 9.46. The molecular weight excluding hydrogens is 452 g/mol. The Morgan fingerprint density at radius 2 is 1.83 bits per heavy atom. The average molecular weight is 499 g/mol. The molecule has 2 heterocycles. The molecule has 0 aromatic heterocycles. The Morgan fingerprint density at radius 1 is 1.08 bits per heavy atom. The van der Waals surface area contributed by atoms with Gasteiger partial charge in [0, 0.05) is 18.3 Å². The molecule has 0 radical (unpaired) electrons. The van der Waals surface area contributed by atoms with Gasteiger partial charge in [0.2, 0.25) is 0 Å². The number of fused-ring (bicyclic) bond motifs is 7. The largest absolute Gasteiger partial charge is 0.392 e. The zero-order chi connectivity index (χ0) is 25.9. The van der Waals surface area contributed by atoms with Gasteiger partial charge in [-0.1, -0.05) is 39.3 Å². The molecule has 0 amide bonds. The summed E-state index contributed by atoms with van der Waals surface area (Å²) in [5, 5.41) is 11.5. The first kappa shape index (κ1) is 25.3. The molecule has 200 valence electrons. The van der Waals surface area contributed by atoms with Gasteiger partial charge in [-0.2, -0.15) is 0 Å². The van der Waals surface area contributed by atoms with E-state index in [4.69, 9.17) is 14.2 Å². The fourth-order valence-corrected chi connectivity index (χ4v) is 9.83. The second-order valence-electron chi connectivity index (χ2n) is 14.2. The van der Waals surface area contributed by atoms with E-state index in [0.717, 1.165) is 18.4 Å². The normalized spacial score (nSPS) is 53.9. The summed E-state index contributed by atoms with van der Waals surface area (Å²) in [4.78, 5) is 12.1. The molecule has 6 rings (SSSR count). The fraction of sp³-hybridized carbons (Fsp3) is 0.839. The first-order chi connectivity index (χ1) is 16.8. The SMILES string of the molecule is CCC12OC(C(C)C3CCC4C5C(O)CC6=CC(=O)C=CC6(C)C5CCC34C)CC(C)(O1)C(C)(C)O2. The van der Waals surface area contributed by atoms with E-state index in [0.29, 0.717) is 36.5 Å². The van der Waals surface area contributed by atoms with Crippen molar-refractivity contribution in [1.82, 2.24) is 0 Å². The van der Waals surface area contributed by atoms with Gasteiger partial charge in [0.05, 0.1) is 17.8 Å². The maximum absolute atomic E-state index is 12.1. The molecule has 1 N–H and O–H groups in total. The molecule has 3 saturated carbocycles. The zero-order valence-corrected chi connectivity index (χ0v) is 23.3. The van der Waals surface area contributed by atoms with Crippen LogP contribution >= 0.6 is 0 Å². The van der Waals surface area contributed by atoms with Gasteiger partial charge < -0.3 is 19.3 Å². The van der Waals surface area contributed by atoms with Crippen molar-refractivity contribution in [3.8, 4) is 0 Å². The minimum absolute atomic E-state index is 0.0691. The Labute approximate surface area is 217 Å². The van der Waals surface area contributed by atoms with Crippen molar-refractivity contribution in [3.05, 3.63) is 23.8 Å². The van der Waals surface area contributed by atoms with Crippen molar-refractivity contribution in [3.63, 3.8) is 0 Å². The van der Waals surface area contributed by atoms with Crippen molar-refractivity contribution < 1.29 is 24.1 Å². The van der Waals surface area contributed by atoms with Gasteiger partial charge in [0.15, 0.2) is 5.78 Å². The Bertz CT molecular complexity index is 1010. The van der Waals surface area contributed by atoms with E-state index in [1.807, 2.05) is 0 Å². The number of carbonyl (C=O) groups is 1. The smallest absolute Gasteiger partial charge is 0.284 e. The van der Waals surface area contributed by atoms with Gasteiger partial charge in [0.25, 0.3) is 5.97 Å². The highest BCUT2D eigenvalue weighted by molar-refractivity contribution is 6.01. The van der Waals surface area contributed by atoms with E-state index in [1.165, 1.54) is 19.3 Å². The second-order valence-corrected chi connectivity index (χ2v) is 14.2. The van der Waals surface area contributed by atoms with Gasteiger partial charge in [-0.3, -0.25) is 4.79 Å². The number of rotatable bonds is 3. The van der Waals surface area contributed by atoms with Gasteiger partial charge >= 0.3 is 0 Å². The van der Waals surface area contributed by atoms with Crippen LogP contribution in [0.5, 0.6) is 0 Å². The summed E-state index contributed by atoms with van der Waals surface area (Å²) in [6, 6.07) is 0. The number of ketones is 1. The van der Waals surface area contributed by atoms with Crippen LogP contribution < -0.4 is 0 Å². The third-order valence-electron chi connectivity index (χ3n) is 12.3. The number of allylic oxidation sites excluding steroid dienone is 3. The van der Waals surface area contributed by atoms with E-state index in [2.05, 4.69) is 54.5 Å². The van der Waals surface area contributed by atoms with Gasteiger partial charge in [0.1, 0.15) is 5.60 Å². The van der Waals surface area contributed by atoms with Gasteiger partial charge in [-0.15, -0.1) is 0 Å². The van der Waals surface area contributed by atoms with E-state index in [-0.39, 0.29) is 45.9 Å². The third kappa shape index (κ3) is 3.25. The van der Waals surface area contributed by atoms with Gasteiger partial charge in [-0.25, -0.2) is 0 Å². The number of hydrogen-bond acceptors (Lipinski definition) is 5. The van der Waals surface area contributed by atoms with Gasteiger partial charge in [-0.05, 0) is 100 Å². The van der Waals surface area contributed by atoms with Crippen molar-refractivity contribution in [2.45, 2.75) is 123 Å². The standard InChI is InChI=1S/C31H46O5/c1-8-31-34-25(17-30(7,36-31)27(3,4)35-31)18(2)21-9-10-22-26-23(12-14-29(21,22)6)28(5)13-11-20(32)15-19(28)16-24(26)33/h11,13,15,18,21-26,33H,8-10,12,14,16-17H2,1-7H3. The van der Waals surface area contributed by atoms with Crippen LogP contribution in [0.1, 0.15) is 93.4 Å². The summed E-state index contributed by atoms with van der Waals surface area (Å²) in [7, 11) is 0. The molecule has 4 aliphatic carbocycles. The fourth-order valence-electron chi connectivity index (χ4n) is 9.83. The lowest BCUT2D eigenvalue weighted by Gasteiger charge is -2.59. The van der Waals surface area contributed by atoms with Crippen LogP contribution in [-0.4, -0.2) is 40.3 Å². The Morgan fingerprint density at radius 3 is 2.56 bits per heavy atom. The zero-order valence-electron chi connectivity index (χ0n) is 23.3. The molecule has 36 heavy (non-hydrogen) atoms. The van der Waals surface area contributed by atoms with E-state index < -0.39 is 5.97 Å². The van der Waals surface area contributed by atoms with E-state index in [9.17, 15) is 9.90 Å². The summed E-state index contributed by atoms with van der Waals surface area (Å²) in [5.74, 6) is 1.26. The molecule has 2 aliphatic heterocycles. The molecule has 5 fully saturated rings. The topological polar surface area (TPSA) is 65.0 Å². The molecular formula is C31H46O5. The molecule has 11 atom stereocenters. The van der Waals surface area contributed by atoms with Crippen molar-refractivity contribution in [2.75, 3.05) is 0 Å². The third-order valence-corrected chi connectivity index (χ3v) is 12.3. The van der Waals surface area contributed by atoms with Crippen LogP contribution in [0, 0.1) is 40.4 Å². The average Bonchev–Trinajstić information content (AvgIpc) is 3.22. The monoisotopic (exact) mass is 498 g/mol. The molecule has 5 heteroatoms. The Balaban J connectivity index is 1.27. The molecule has 0 spiro atoms. The Kier molecular flexibility index (Phi) is 5.46. The minimum atomic E-state index is -0.937. The van der Waals surface area contributed by atoms with E-state index in [1.54, 1.807) is 12.2 Å². The molecule has 6 aliphatic rings. The lowest BCUT2D eigenvalue weighted by molar-refractivity contribution is -0.396. The predicted molar refractivity (Wildman–Crippen MR) is 138 cm³/mol. The van der Waals surface area contributed by atoms with Crippen LogP contribution in [0.15, 0.2) is 23.8 Å². The number of hydrogen-bond donors (Lipinski definition) is 1. The molecule has 0 aromatic rings. The summed E-state index contributed by atoms with van der Waals surface area (Å²) < 4.78 is 19.6. The molecule has 2 saturated heterocycles. The highest BCUT2D eigenvalue weighted by Crippen LogP contribution is 2.68. The molecule has 2 bridgehead atoms. The van der Waals surface area contributed by atoms with Crippen molar-refractivity contribution in [1.29, 1.82) is 0 Å². The van der Waals surface area contributed by atoms with Crippen LogP contribution in [0.4, 0.5) is 0 Å². The predicted octanol–water partition coefficient (Wildman–Crippen LogP) is 5.95. The van der Waals surface area contributed by atoms with Crippen LogP contribution in [0.2, 0.25) is 0 Å². The minimum Gasteiger partial charge on any atom is -0.392 e. The summed E-state index contributed by atoms with van der Waals surface area (Å²) in [5.41, 5.74) is 0.474. The summed E-state index contributed by atoms with van der Waals surface area (Å²) in [6.45, 7) is 15.8. The molecule has 11 unspecified atom stereocenters. The first-order valence-corrected chi connectivity index (χ1v) is 14.5. The van der Waals surface area contributed by atoms with Crippen molar-refractivity contribution in [2.24, 2.45) is 40.4 Å².